The largest absolute Gasteiger partial charge is 0.397 e. The van der Waals surface area contributed by atoms with Crippen LogP contribution in [0.15, 0.2) is 18.2 Å². The number of piperidine rings is 1. The van der Waals surface area contributed by atoms with Crippen molar-refractivity contribution in [2.45, 2.75) is 26.2 Å². The normalized spacial score (nSPS) is 22.5. The van der Waals surface area contributed by atoms with E-state index in [2.05, 4.69) is 13.0 Å². The van der Waals surface area contributed by atoms with Crippen LogP contribution in [-0.4, -0.2) is 30.6 Å². The quantitative estimate of drug-likeness (QED) is 0.728. The van der Waals surface area contributed by atoms with Crippen LogP contribution >= 0.6 is 0 Å². The molecule has 2 heterocycles. The summed E-state index contributed by atoms with van der Waals surface area (Å²) in [5.41, 5.74) is 8.89. The second kappa shape index (κ2) is 4.76. The van der Waals surface area contributed by atoms with Gasteiger partial charge in [-0.05, 0) is 36.8 Å². The van der Waals surface area contributed by atoms with E-state index in [1.165, 1.54) is 12.0 Å². The molecule has 4 heteroatoms. The van der Waals surface area contributed by atoms with Crippen LogP contribution in [0, 0.1) is 5.92 Å². The number of benzene rings is 1. The number of amides is 2. The molecule has 19 heavy (non-hydrogen) atoms. The van der Waals surface area contributed by atoms with Gasteiger partial charge in [0.2, 0.25) is 0 Å². The van der Waals surface area contributed by atoms with Gasteiger partial charge in [0.05, 0.1) is 11.4 Å². The third kappa shape index (κ3) is 2.15. The molecule has 1 aromatic rings. The Balaban J connectivity index is 1.83. The maximum atomic E-state index is 12.7. The molecule has 2 N–H and O–H groups in total. The van der Waals surface area contributed by atoms with Crippen molar-refractivity contribution in [3.05, 3.63) is 23.8 Å². The highest BCUT2D eigenvalue weighted by atomic mass is 16.2. The molecular formula is C15H21N3O. The molecule has 4 nitrogen and oxygen atoms in total. The summed E-state index contributed by atoms with van der Waals surface area (Å²) in [7, 11) is 0. The molecule has 2 aliphatic rings. The van der Waals surface area contributed by atoms with Gasteiger partial charge in [-0.1, -0.05) is 19.1 Å². The van der Waals surface area contributed by atoms with Gasteiger partial charge in [-0.2, -0.15) is 0 Å². The monoisotopic (exact) mass is 259 g/mol. The number of urea groups is 1. The number of nitrogen functional groups attached to an aromatic ring is 1. The van der Waals surface area contributed by atoms with E-state index >= 15 is 0 Å². The van der Waals surface area contributed by atoms with E-state index in [1.807, 2.05) is 21.9 Å². The number of carbonyl (C=O) groups excluding carboxylic acids is 1. The van der Waals surface area contributed by atoms with Gasteiger partial charge < -0.3 is 10.6 Å². The van der Waals surface area contributed by atoms with E-state index in [1.54, 1.807) is 0 Å². The molecule has 1 unspecified atom stereocenters. The predicted molar refractivity (Wildman–Crippen MR) is 77.3 cm³/mol. The van der Waals surface area contributed by atoms with Gasteiger partial charge in [0.1, 0.15) is 0 Å². The topological polar surface area (TPSA) is 49.6 Å². The lowest BCUT2D eigenvalue weighted by Crippen LogP contribution is -2.47. The SMILES string of the molecule is CC1CCCN(C(=O)N2CCc3cccc(N)c32)C1. The summed E-state index contributed by atoms with van der Waals surface area (Å²) in [6.45, 7) is 4.72. The van der Waals surface area contributed by atoms with Crippen molar-refractivity contribution in [3.63, 3.8) is 0 Å². The Morgan fingerprint density at radius 1 is 1.37 bits per heavy atom. The fourth-order valence-corrected chi connectivity index (χ4v) is 3.21. The van der Waals surface area contributed by atoms with Crippen LogP contribution in [0.3, 0.4) is 0 Å². The van der Waals surface area contributed by atoms with Crippen LogP contribution in [0.2, 0.25) is 0 Å². The maximum absolute atomic E-state index is 12.7. The van der Waals surface area contributed by atoms with Crippen LogP contribution in [0.5, 0.6) is 0 Å². The Labute approximate surface area is 114 Å². The number of hydrogen-bond donors (Lipinski definition) is 1. The molecule has 0 aliphatic carbocycles. The molecule has 1 aromatic carbocycles. The molecular weight excluding hydrogens is 238 g/mol. The van der Waals surface area contributed by atoms with Gasteiger partial charge >= 0.3 is 6.03 Å². The summed E-state index contributed by atoms with van der Waals surface area (Å²) in [5, 5.41) is 0. The van der Waals surface area contributed by atoms with Crippen molar-refractivity contribution in [1.29, 1.82) is 0 Å². The minimum Gasteiger partial charge on any atom is -0.397 e. The Morgan fingerprint density at radius 2 is 2.21 bits per heavy atom. The van der Waals surface area contributed by atoms with Crippen molar-refractivity contribution in [2.24, 2.45) is 5.92 Å². The molecule has 2 amide bonds. The van der Waals surface area contributed by atoms with E-state index < -0.39 is 0 Å². The van der Waals surface area contributed by atoms with Gasteiger partial charge in [-0.15, -0.1) is 0 Å². The van der Waals surface area contributed by atoms with Gasteiger partial charge in [-0.25, -0.2) is 4.79 Å². The minimum atomic E-state index is 0.128. The molecule has 0 saturated carbocycles. The summed E-state index contributed by atoms with van der Waals surface area (Å²) < 4.78 is 0. The van der Waals surface area contributed by atoms with Crippen LogP contribution in [-0.2, 0) is 6.42 Å². The fraction of sp³-hybridized carbons (Fsp3) is 0.533. The van der Waals surface area contributed by atoms with Crippen molar-refractivity contribution < 1.29 is 4.79 Å². The van der Waals surface area contributed by atoms with E-state index in [4.69, 9.17) is 5.73 Å². The van der Waals surface area contributed by atoms with E-state index in [-0.39, 0.29) is 6.03 Å². The maximum Gasteiger partial charge on any atom is 0.324 e. The van der Waals surface area contributed by atoms with E-state index in [0.29, 0.717) is 11.6 Å². The summed E-state index contributed by atoms with van der Waals surface area (Å²) in [5.74, 6) is 0.605. The molecule has 0 radical (unpaired) electrons. The number of nitrogens with zero attached hydrogens (tertiary/aromatic N) is 2. The smallest absolute Gasteiger partial charge is 0.324 e. The minimum absolute atomic E-state index is 0.128. The number of fused-ring (bicyclic) bond motifs is 1. The first-order valence-corrected chi connectivity index (χ1v) is 7.10. The summed E-state index contributed by atoms with van der Waals surface area (Å²) >= 11 is 0. The van der Waals surface area contributed by atoms with Gasteiger partial charge in [0.25, 0.3) is 0 Å². The number of nitrogens with two attached hydrogens (primary N) is 1. The van der Waals surface area contributed by atoms with E-state index in [0.717, 1.165) is 38.2 Å². The van der Waals surface area contributed by atoms with Crippen molar-refractivity contribution in [1.82, 2.24) is 4.90 Å². The summed E-state index contributed by atoms with van der Waals surface area (Å²) in [6.07, 6.45) is 3.25. The van der Waals surface area contributed by atoms with Gasteiger partial charge in [0, 0.05) is 19.6 Å². The van der Waals surface area contributed by atoms with Gasteiger partial charge in [-0.3, -0.25) is 4.90 Å². The van der Waals surface area contributed by atoms with Crippen LogP contribution in [0.25, 0.3) is 0 Å². The zero-order chi connectivity index (χ0) is 13.4. The number of likely N-dealkylation sites (tertiary alicyclic amines) is 1. The third-order valence-corrected chi connectivity index (χ3v) is 4.18. The zero-order valence-corrected chi connectivity index (χ0v) is 11.4. The highest BCUT2D eigenvalue weighted by Gasteiger charge is 2.31. The first kappa shape index (κ1) is 12.3. The molecule has 1 fully saturated rings. The average molecular weight is 259 g/mol. The van der Waals surface area contributed by atoms with Gasteiger partial charge in [0.15, 0.2) is 0 Å². The first-order chi connectivity index (χ1) is 9.16. The summed E-state index contributed by atoms with van der Waals surface area (Å²) in [6, 6.07) is 6.04. The molecule has 1 atom stereocenters. The van der Waals surface area contributed by atoms with Crippen LogP contribution in [0.4, 0.5) is 16.2 Å². The number of para-hydroxylation sites is 1. The van der Waals surface area contributed by atoms with Crippen molar-refractivity contribution >= 4 is 17.4 Å². The standard InChI is InChI=1S/C15H21N3O/c1-11-4-3-8-17(10-11)15(19)18-9-7-12-5-2-6-13(16)14(12)18/h2,5-6,11H,3-4,7-10,16H2,1H3. The highest BCUT2D eigenvalue weighted by molar-refractivity contribution is 5.97. The zero-order valence-electron chi connectivity index (χ0n) is 11.4. The molecule has 0 spiro atoms. The molecule has 102 valence electrons. The molecule has 0 aromatic heterocycles. The number of anilines is 2. The fourth-order valence-electron chi connectivity index (χ4n) is 3.21. The lowest BCUT2D eigenvalue weighted by Gasteiger charge is -2.34. The lowest BCUT2D eigenvalue weighted by molar-refractivity contribution is 0.176. The highest BCUT2D eigenvalue weighted by Crippen LogP contribution is 2.34. The summed E-state index contributed by atoms with van der Waals surface area (Å²) in [4.78, 5) is 16.5. The van der Waals surface area contributed by atoms with Crippen LogP contribution in [0.1, 0.15) is 25.3 Å². The van der Waals surface area contributed by atoms with E-state index in [9.17, 15) is 4.79 Å². The first-order valence-electron chi connectivity index (χ1n) is 7.10. The number of carbonyl (C=O) groups is 1. The third-order valence-electron chi connectivity index (χ3n) is 4.18. The molecule has 2 aliphatic heterocycles. The van der Waals surface area contributed by atoms with Crippen molar-refractivity contribution in [3.8, 4) is 0 Å². The molecule has 0 bridgehead atoms. The Hall–Kier alpha value is -1.71. The molecule has 1 saturated heterocycles. The average Bonchev–Trinajstić information content (AvgIpc) is 2.83. The second-order valence-electron chi connectivity index (χ2n) is 5.73. The Morgan fingerprint density at radius 3 is 3.00 bits per heavy atom. The second-order valence-corrected chi connectivity index (χ2v) is 5.73. The number of hydrogen-bond acceptors (Lipinski definition) is 2. The Bertz CT molecular complexity index is 500. The Kier molecular flexibility index (Phi) is 3.09. The van der Waals surface area contributed by atoms with Crippen LogP contribution < -0.4 is 10.6 Å². The predicted octanol–water partition coefficient (Wildman–Crippen LogP) is 2.48. The van der Waals surface area contributed by atoms with Crippen molar-refractivity contribution in [2.75, 3.05) is 30.3 Å². The lowest BCUT2D eigenvalue weighted by atomic mass is 10.0. The number of rotatable bonds is 0. The molecule has 3 rings (SSSR count).